The van der Waals surface area contributed by atoms with E-state index in [1.54, 1.807) is 0 Å². The third kappa shape index (κ3) is 3.08. The van der Waals surface area contributed by atoms with Gasteiger partial charge in [-0.15, -0.1) is 11.3 Å². The summed E-state index contributed by atoms with van der Waals surface area (Å²) < 4.78 is 1.37. The lowest BCUT2D eigenvalue weighted by Crippen LogP contribution is -2.27. The first-order valence-electron chi connectivity index (χ1n) is 14.1. The highest BCUT2D eigenvalue weighted by atomic mass is 32.1. The summed E-state index contributed by atoms with van der Waals surface area (Å²) in [5.74, 6) is 0. The maximum absolute atomic E-state index is 2.42. The van der Waals surface area contributed by atoms with Crippen LogP contribution in [0.1, 0.15) is 22.3 Å². The first-order valence-corrected chi connectivity index (χ1v) is 16.3. The van der Waals surface area contributed by atoms with E-state index in [1.807, 2.05) is 11.3 Å². The lowest BCUT2D eigenvalue weighted by Gasteiger charge is -2.31. The molecule has 0 fully saturated rings. The van der Waals surface area contributed by atoms with Crippen molar-refractivity contribution in [3.63, 3.8) is 0 Å². The minimum absolute atomic E-state index is 0.332. The van der Waals surface area contributed by atoms with Crippen molar-refractivity contribution < 1.29 is 0 Å². The van der Waals surface area contributed by atoms with Crippen LogP contribution in [0.3, 0.4) is 0 Å². The molecule has 2 aliphatic carbocycles. The number of fused-ring (bicyclic) bond motifs is 12. The smallest absolute Gasteiger partial charge is 0.0740 e. The van der Waals surface area contributed by atoms with Crippen LogP contribution < -0.4 is 15.9 Å². The first kappa shape index (κ1) is 23.4. The molecule has 0 saturated carbocycles. The topological polar surface area (TPSA) is 0 Å². The lowest BCUT2D eigenvalue weighted by atomic mass is 9.70. The normalized spacial score (nSPS) is 16.1. The van der Waals surface area contributed by atoms with Crippen molar-refractivity contribution in [3.8, 4) is 21.6 Å². The van der Waals surface area contributed by atoms with Crippen molar-refractivity contribution >= 4 is 45.3 Å². The summed E-state index contributed by atoms with van der Waals surface area (Å²) in [5.41, 5.74) is 9.55. The molecule has 9 rings (SSSR count). The van der Waals surface area contributed by atoms with Crippen molar-refractivity contribution in [1.29, 1.82) is 0 Å². The Morgan fingerprint density at radius 2 is 1.02 bits per heavy atom. The van der Waals surface area contributed by atoms with Gasteiger partial charge in [0.15, 0.2) is 0 Å². The third-order valence-electron chi connectivity index (χ3n) is 8.86. The summed E-state index contributed by atoms with van der Waals surface area (Å²) in [5, 5.41) is 5.58. The molecule has 0 bridgehead atoms. The highest BCUT2D eigenvalue weighted by molar-refractivity contribution is 7.80. The van der Waals surface area contributed by atoms with E-state index in [0.29, 0.717) is 0 Å². The van der Waals surface area contributed by atoms with Crippen molar-refractivity contribution in [2.75, 3.05) is 0 Å². The second-order valence-corrected chi connectivity index (χ2v) is 14.1. The van der Waals surface area contributed by atoms with Crippen LogP contribution in [0.25, 0.3) is 31.7 Å². The number of hydrogen-bond donors (Lipinski definition) is 0. The molecule has 1 atom stereocenters. The van der Waals surface area contributed by atoms with E-state index in [-0.39, 0.29) is 5.41 Å². The molecule has 0 nitrogen and oxygen atoms in total. The molecule has 6 aromatic carbocycles. The standard InChI is InChI=1S/C39H25PS/c1-3-14-26(15-4-1)40(27-16-5-2-6-17-27)34-24-13-23-33-36(34)28-18-7-10-21-31(28)39(33)32-22-11-8-19-29(32)38-37(39)30-20-9-12-25-35(30)41-38/h1-25H. The van der Waals surface area contributed by atoms with Gasteiger partial charge in [-0.2, -0.15) is 0 Å². The lowest BCUT2D eigenvalue weighted by molar-refractivity contribution is 0.803. The fourth-order valence-corrected chi connectivity index (χ4v) is 11.2. The number of thiophene rings is 1. The molecule has 2 aliphatic rings. The second kappa shape index (κ2) is 8.85. The Morgan fingerprint density at radius 3 is 1.76 bits per heavy atom. The van der Waals surface area contributed by atoms with Crippen molar-refractivity contribution in [1.82, 2.24) is 0 Å². The van der Waals surface area contributed by atoms with Crippen LogP contribution in [0.5, 0.6) is 0 Å². The highest BCUT2D eigenvalue weighted by Crippen LogP contribution is 2.66. The molecule has 0 amide bonds. The van der Waals surface area contributed by atoms with Gasteiger partial charge in [0.1, 0.15) is 0 Å². The molecule has 1 unspecified atom stereocenters. The van der Waals surface area contributed by atoms with Gasteiger partial charge < -0.3 is 0 Å². The Hall–Kier alpha value is -4.29. The SMILES string of the molecule is c1ccc(P(c2ccccc2)c2cccc3c2-c2ccccc2C32c3ccccc3-c3sc4ccccc4c32)cc1. The molecule has 192 valence electrons. The minimum Gasteiger partial charge on any atom is -0.135 e. The molecular weight excluding hydrogens is 531 g/mol. The Morgan fingerprint density at radius 1 is 0.463 bits per heavy atom. The van der Waals surface area contributed by atoms with Gasteiger partial charge in [0.05, 0.1) is 5.41 Å². The monoisotopic (exact) mass is 556 g/mol. The molecular formula is C39H25PS. The predicted molar refractivity (Wildman–Crippen MR) is 177 cm³/mol. The van der Waals surface area contributed by atoms with Crippen LogP contribution in [0, 0.1) is 0 Å². The van der Waals surface area contributed by atoms with Gasteiger partial charge in [-0.1, -0.05) is 146 Å². The summed E-state index contributed by atoms with van der Waals surface area (Å²) >= 11 is 1.95. The summed E-state index contributed by atoms with van der Waals surface area (Å²) in [6.45, 7) is 0. The van der Waals surface area contributed by atoms with Crippen LogP contribution >= 0.6 is 19.3 Å². The molecule has 2 heteroatoms. The average molecular weight is 557 g/mol. The van der Waals surface area contributed by atoms with Gasteiger partial charge in [0, 0.05) is 9.58 Å². The average Bonchev–Trinajstić information content (AvgIpc) is 3.66. The van der Waals surface area contributed by atoms with E-state index in [0.717, 1.165) is 0 Å². The zero-order valence-electron chi connectivity index (χ0n) is 22.3. The fourth-order valence-electron chi connectivity index (χ4n) is 7.39. The van der Waals surface area contributed by atoms with E-state index in [1.165, 1.54) is 69.8 Å². The largest absolute Gasteiger partial charge is 0.135 e. The summed E-state index contributed by atoms with van der Waals surface area (Å²) in [4.78, 5) is 1.42. The zero-order chi connectivity index (χ0) is 27.0. The van der Waals surface area contributed by atoms with E-state index in [2.05, 4.69) is 152 Å². The number of rotatable bonds is 3. The molecule has 0 aliphatic heterocycles. The molecule has 0 radical (unpaired) electrons. The molecule has 0 saturated heterocycles. The van der Waals surface area contributed by atoms with Gasteiger partial charge in [-0.05, 0) is 74.2 Å². The third-order valence-corrected chi connectivity index (χ3v) is 12.6. The van der Waals surface area contributed by atoms with E-state index < -0.39 is 7.92 Å². The van der Waals surface area contributed by atoms with E-state index in [9.17, 15) is 0 Å². The van der Waals surface area contributed by atoms with Gasteiger partial charge in [-0.3, -0.25) is 0 Å². The molecule has 1 spiro atoms. The Balaban J connectivity index is 1.44. The Bertz CT molecular complexity index is 2070. The minimum atomic E-state index is -0.759. The number of hydrogen-bond acceptors (Lipinski definition) is 1. The maximum Gasteiger partial charge on any atom is 0.0740 e. The van der Waals surface area contributed by atoms with Crippen molar-refractivity contribution in [3.05, 3.63) is 174 Å². The van der Waals surface area contributed by atoms with Gasteiger partial charge in [0.2, 0.25) is 0 Å². The van der Waals surface area contributed by atoms with Crippen LogP contribution in [-0.4, -0.2) is 0 Å². The first-order chi connectivity index (χ1) is 20.4. The molecule has 1 aromatic heterocycles. The summed E-state index contributed by atoms with van der Waals surface area (Å²) in [7, 11) is -0.759. The fraction of sp³-hybridized carbons (Fsp3) is 0.0256. The maximum atomic E-state index is 2.42. The van der Waals surface area contributed by atoms with Crippen LogP contribution in [-0.2, 0) is 5.41 Å². The molecule has 0 N–H and O–H groups in total. The van der Waals surface area contributed by atoms with Crippen LogP contribution in [0.15, 0.2) is 152 Å². The quantitative estimate of drug-likeness (QED) is 0.191. The summed E-state index contributed by atoms with van der Waals surface area (Å²) in [6, 6.07) is 56.7. The van der Waals surface area contributed by atoms with E-state index in [4.69, 9.17) is 0 Å². The van der Waals surface area contributed by atoms with Gasteiger partial charge in [-0.25, -0.2) is 0 Å². The summed E-state index contributed by atoms with van der Waals surface area (Å²) in [6.07, 6.45) is 0. The number of benzene rings is 6. The van der Waals surface area contributed by atoms with Crippen LogP contribution in [0.4, 0.5) is 0 Å². The van der Waals surface area contributed by atoms with Gasteiger partial charge >= 0.3 is 0 Å². The van der Waals surface area contributed by atoms with Gasteiger partial charge in [0.25, 0.3) is 0 Å². The Labute approximate surface area is 245 Å². The molecule has 1 heterocycles. The molecule has 7 aromatic rings. The highest BCUT2D eigenvalue weighted by Gasteiger charge is 2.54. The van der Waals surface area contributed by atoms with Crippen molar-refractivity contribution in [2.45, 2.75) is 5.41 Å². The Kier molecular flexibility index (Phi) is 5.06. The second-order valence-electron chi connectivity index (χ2n) is 10.8. The van der Waals surface area contributed by atoms with Crippen molar-refractivity contribution in [2.24, 2.45) is 0 Å². The predicted octanol–water partition coefficient (Wildman–Crippen LogP) is 9.00. The molecule has 41 heavy (non-hydrogen) atoms. The zero-order valence-corrected chi connectivity index (χ0v) is 24.0. The van der Waals surface area contributed by atoms with Crippen LogP contribution in [0.2, 0.25) is 0 Å². The van der Waals surface area contributed by atoms with E-state index >= 15 is 0 Å².